The molecule has 0 unspecified atom stereocenters. The minimum atomic E-state index is -0.476. The predicted molar refractivity (Wildman–Crippen MR) is 145 cm³/mol. The second-order valence-electron chi connectivity index (χ2n) is 9.05. The van der Waals surface area contributed by atoms with Gasteiger partial charge in [0.05, 0.1) is 17.6 Å². The van der Waals surface area contributed by atoms with Crippen LogP contribution in [0, 0.1) is 5.41 Å². The molecule has 9 nitrogen and oxygen atoms in total. The number of hydrogen-bond acceptors (Lipinski definition) is 6. The first-order chi connectivity index (χ1) is 17.4. The average molecular weight is 528 g/mol. The molecule has 0 radical (unpaired) electrons. The summed E-state index contributed by atoms with van der Waals surface area (Å²) >= 11 is 0. The zero-order chi connectivity index (χ0) is 25.7. The lowest BCUT2D eigenvalue weighted by atomic mass is 10.1. The number of amides is 1. The molecule has 0 aliphatic heterocycles. The number of rotatable bonds is 10. The Morgan fingerprint density at radius 1 is 1.14 bits per heavy atom. The highest BCUT2D eigenvalue weighted by molar-refractivity contribution is 5.97. The summed E-state index contributed by atoms with van der Waals surface area (Å²) in [5, 5.41) is 7.56. The first-order valence-electron chi connectivity index (χ1n) is 12.3. The Bertz CT molecular complexity index is 1250. The average Bonchev–Trinajstić information content (AvgIpc) is 3.48. The molecule has 0 saturated heterocycles. The van der Waals surface area contributed by atoms with Crippen molar-refractivity contribution in [1.82, 2.24) is 9.55 Å². The summed E-state index contributed by atoms with van der Waals surface area (Å²) < 4.78 is 12.3. The fraction of sp³-hybridized carbons (Fsp3) is 0.407. The van der Waals surface area contributed by atoms with E-state index in [1.807, 2.05) is 54.4 Å². The molecule has 1 saturated carbocycles. The molecular weight excluding hydrogens is 494 g/mol. The Hall–Kier alpha value is -3.43. The summed E-state index contributed by atoms with van der Waals surface area (Å²) in [6.07, 6.45) is 4.66. The van der Waals surface area contributed by atoms with Gasteiger partial charge in [0.2, 0.25) is 0 Å². The van der Waals surface area contributed by atoms with Gasteiger partial charge in [-0.2, -0.15) is 0 Å². The molecule has 0 atom stereocenters. The van der Waals surface area contributed by atoms with Gasteiger partial charge in [-0.15, -0.1) is 12.4 Å². The molecule has 37 heavy (non-hydrogen) atoms. The van der Waals surface area contributed by atoms with E-state index in [0.29, 0.717) is 12.0 Å². The highest BCUT2D eigenvalue weighted by Gasteiger charge is 2.28. The molecule has 10 heteroatoms. The summed E-state index contributed by atoms with van der Waals surface area (Å²) in [5.41, 5.74) is 9.90. The van der Waals surface area contributed by atoms with Crippen molar-refractivity contribution in [2.45, 2.75) is 45.1 Å². The van der Waals surface area contributed by atoms with Gasteiger partial charge in [-0.3, -0.25) is 10.2 Å². The Labute approximate surface area is 222 Å². The number of nitrogens with zero attached hydrogens (tertiary/aromatic N) is 3. The first kappa shape index (κ1) is 28.1. The van der Waals surface area contributed by atoms with Crippen LogP contribution in [-0.2, 0) is 32.5 Å². The second kappa shape index (κ2) is 12.7. The number of nitrogens with two attached hydrogens (primary N) is 1. The third-order valence-electron chi connectivity index (χ3n) is 6.57. The number of amidine groups is 1. The number of carbonyl (C=O) groups is 2. The SMILES string of the molecule is CCOC(=O)COCC(=O)N(c1ccc2c(c1)nc(Cc1ccc(C(=N)N)cc1)n2C)C1CCCC1.Cl. The number of halogens is 1. The van der Waals surface area contributed by atoms with Crippen molar-refractivity contribution < 1.29 is 19.1 Å². The van der Waals surface area contributed by atoms with Gasteiger partial charge in [0.15, 0.2) is 0 Å². The van der Waals surface area contributed by atoms with Gasteiger partial charge in [-0.1, -0.05) is 37.1 Å². The van der Waals surface area contributed by atoms with Crippen LogP contribution < -0.4 is 10.6 Å². The second-order valence-corrected chi connectivity index (χ2v) is 9.05. The number of anilines is 1. The van der Waals surface area contributed by atoms with E-state index >= 15 is 0 Å². The van der Waals surface area contributed by atoms with Gasteiger partial charge in [0.25, 0.3) is 5.91 Å². The van der Waals surface area contributed by atoms with Gasteiger partial charge in [-0.05, 0) is 43.5 Å². The van der Waals surface area contributed by atoms with Crippen LogP contribution in [0.1, 0.15) is 49.6 Å². The molecule has 1 fully saturated rings. The number of aromatic nitrogens is 2. The number of fused-ring (bicyclic) bond motifs is 1. The van der Waals surface area contributed by atoms with Crippen molar-refractivity contribution in [3.8, 4) is 0 Å². The van der Waals surface area contributed by atoms with Crippen molar-refractivity contribution in [3.63, 3.8) is 0 Å². The van der Waals surface area contributed by atoms with Crippen molar-refractivity contribution in [3.05, 3.63) is 59.4 Å². The highest BCUT2D eigenvalue weighted by Crippen LogP contribution is 2.31. The van der Waals surface area contributed by atoms with Crippen molar-refractivity contribution >= 4 is 46.8 Å². The number of carbonyl (C=O) groups excluding carboxylic acids is 2. The van der Waals surface area contributed by atoms with Crippen LogP contribution in [0.2, 0.25) is 0 Å². The summed E-state index contributed by atoms with van der Waals surface area (Å²) in [6, 6.07) is 13.6. The van der Waals surface area contributed by atoms with E-state index in [9.17, 15) is 9.59 Å². The summed E-state index contributed by atoms with van der Waals surface area (Å²) in [5.74, 6) is 0.294. The molecule has 1 amide bonds. The maximum atomic E-state index is 13.2. The lowest BCUT2D eigenvalue weighted by Crippen LogP contribution is -2.41. The molecule has 4 rings (SSSR count). The van der Waals surface area contributed by atoms with Crippen LogP contribution in [0.25, 0.3) is 11.0 Å². The fourth-order valence-electron chi connectivity index (χ4n) is 4.75. The van der Waals surface area contributed by atoms with Gasteiger partial charge in [-0.25, -0.2) is 9.78 Å². The first-order valence-corrected chi connectivity index (χ1v) is 12.3. The zero-order valence-corrected chi connectivity index (χ0v) is 22.1. The maximum absolute atomic E-state index is 13.2. The smallest absolute Gasteiger partial charge is 0.332 e. The fourth-order valence-corrected chi connectivity index (χ4v) is 4.75. The van der Waals surface area contributed by atoms with Gasteiger partial charge in [0.1, 0.15) is 24.9 Å². The lowest BCUT2D eigenvalue weighted by molar-refractivity contribution is -0.149. The van der Waals surface area contributed by atoms with Crippen molar-refractivity contribution in [1.29, 1.82) is 5.41 Å². The molecule has 0 spiro atoms. The highest BCUT2D eigenvalue weighted by atomic mass is 35.5. The van der Waals surface area contributed by atoms with Crippen LogP contribution in [0.15, 0.2) is 42.5 Å². The molecule has 1 aromatic heterocycles. The van der Waals surface area contributed by atoms with Crippen LogP contribution in [0.3, 0.4) is 0 Å². The van der Waals surface area contributed by atoms with Crippen LogP contribution >= 0.6 is 12.4 Å². The quantitative estimate of drug-likeness (QED) is 0.235. The Kier molecular flexibility index (Phi) is 9.66. The molecule has 1 aliphatic rings. The summed E-state index contributed by atoms with van der Waals surface area (Å²) in [6.45, 7) is 1.58. The van der Waals surface area contributed by atoms with Crippen molar-refractivity contribution in [2.24, 2.45) is 12.8 Å². The monoisotopic (exact) mass is 527 g/mol. The lowest BCUT2D eigenvalue weighted by Gasteiger charge is -2.29. The van der Waals surface area contributed by atoms with E-state index in [2.05, 4.69) is 4.57 Å². The van der Waals surface area contributed by atoms with E-state index in [1.165, 1.54) is 0 Å². The van der Waals surface area contributed by atoms with Crippen molar-refractivity contribution in [2.75, 3.05) is 24.7 Å². The molecule has 3 aromatic rings. The minimum absolute atomic E-state index is 0. The topological polar surface area (TPSA) is 124 Å². The number of benzene rings is 2. The van der Waals surface area contributed by atoms with E-state index in [0.717, 1.165) is 53.8 Å². The molecule has 2 aromatic carbocycles. The molecule has 1 aliphatic carbocycles. The van der Waals surface area contributed by atoms with Crippen LogP contribution in [0.4, 0.5) is 5.69 Å². The summed E-state index contributed by atoms with van der Waals surface area (Å²) in [7, 11) is 1.98. The number of aryl methyl sites for hydroxylation is 1. The number of imidazole rings is 1. The number of nitrogens with one attached hydrogen (secondary N) is 1. The van der Waals surface area contributed by atoms with Gasteiger partial charge >= 0.3 is 5.97 Å². The number of hydrogen-bond donors (Lipinski definition) is 2. The molecule has 3 N–H and O–H groups in total. The van der Waals surface area contributed by atoms with E-state index in [4.69, 9.17) is 25.6 Å². The predicted octanol–water partition coefficient (Wildman–Crippen LogP) is 3.73. The van der Waals surface area contributed by atoms with E-state index in [1.54, 1.807) is 6.92 Å². The standard InChI is InChI=1S/C27H33N5O4.ClH/c1-3-36-26(34)17-35-16-25(33)32(20-6-4-5-7-20)21-12-13-23-22(15-21)30-24(31(23)2)14-18-8-10-19(11-9-18)27(28)29;/h8-13,15,20H,3-7,14,16-17H2,1-2H3,(H3,28,29);1H. The zero-order valence-electron chi connectivity index (χ0n) is 21.2. The third-order valence-corrected chi connectivity index (χ3v) is 6.57. The number of esters is 1. The van der Waals surface area contributed by atoms with E-state index < -0.39 is 5.97 Å². The largest absolute Gasteiger partial charge is 0.464 e. The molecular formula is C27H34ClN5O4. The normalized spacial score (nSPS) is 13.4. The maximum Gasteiger partial charge on any atom is 0.332 e. The number of ether oxygens (including phenoxy) is 2. The van der Waals surface area contributed by atoms with Gasteiger partial charge < -0.3 is 24.7 Å². The van der Waals surface area contributed by atoms with Gasteiger partial charge in [0, 0.05) is 30.8 Å². The summed E-state index contributed by atoms with van der Waals surface area (Å²) in [4.78, 5) is 31.5. The Balaban J connectivity index is 0.00000380. The molecule has 0 bridgehead atoms. The minimum Gasteiger partial charge on any atom is -0.464 e. The molecule has 198 valence electrons. The number of nitrogen functional groups attached to an aromatic ring is 1. The van der Waals surface area contributed by atoms with Crippen LogP contribution in [0.5, 0.6) is 0 Å². The Morgan fingerprint density at radius 3 is 2.49 bits per heavy atom. The third kappa shape index (κ3) is 6.67. The van der Waals surface area contributed by atoms with E-state index in [-0.39, 0.29) is 50.0 Å². The Morgan fingerprint density at radius 2 is 1.84 bits per heavy atom. The van der Waals surface area contributed by atoms with Crippen LogP contribution in [-0.4, -0.2) is 53.1 Å². The molecule has 1 heterocycles.